The van der Waals surface area contributed by atoms with Crippen LogP contribution in [0.5, 0.6) is 0 Å². The normalized spacial score (nSPS) is 10.7. The van der Waals surface area contributed by atoms with E-state index in [1.165, 1.54) is 30.0 Å². The maximum atomic E-state index is 13.7. The molecule has 0 saturated carbocycles. The standard InChI is InChI=1S/C22H24FN5O2S/c1-3-15-8-4-7-11-18(15)25-20(29)14-31-22-27-26-19(28(22)2)12-13-24-21(30)16-9-5-6-10-17(16)23/h4-11H,3,12-14H2,1-2H3,(H,24,30)(H,25,29). The number of hydrogen-bond acceptors (Lipinski definition) is 5. The predicted molar refractivity (Wildman–Crippen MR) is 119 cm³/mol. The number of para-hydroxylation sites is 1. The summed E-state index contributed by atoms with van der Waals surface area (Å²) < 4.78 is 15.4. The van der Waals surface area contributed by atoms with Gasteiger partial charge in [0.05, 0.1) is 11.3 Å². The molecule has 0 bridgehead atoms. The lowest BCUT2D eigenvalue weighted by atomic mass is 10.1. The number of hydrogen-bond donors (Lipinski definition) is 2. The summed E-state index contributed by atoms with van der Waals surface area (Å²) >= 11 is 1.29. The maximum absolute atomic E-state index is 13.7. The number of nitrogens with zero attached hydrogens (tertiary/aromatic N) is 3. The molecule has 3 aromatic rings. The van der Waals surface area contributed by atoms with Gasteiger partial charge in [-0.3, -0.25) is 9.59 Å². The molecule has 0 radical (unpaired) electrons. The van der Waals surface area contributed by atoms with Crippen LogP contribution in [0.2, 0.25) is 0 Å². The highest BCUT2D eigenvalue weighted by molar-refractivity contribution is 7.99. The van der Waals surface area contributed by atoms with Gasteiger partial charge in [0, 0.05) is 25.7 Å². The number of benzene rings is 2. The largest absolute Gasteiger partial charge is 0.351 e. The van der Waals surface area contributed by atoms with E-state index < -0.39 is 11.7 Å². The van der Waals surface area contributed by atoms with E-state index in [2.05, 4.69) is 20.8 Å². The Balaban J connectivity index is 1.49. The first-order valence-corrected chi connectivity index (χ1v) is 10.9. The van der Waals surface area contributed by atoms with Crippen LogP contribution in [0.25, 0.3) is 0 Å². The summed E-state index contributed by atoms with van der Waals surface area (Å²) in [6, 6.07) is 13.5. The number of rotatable bonds is 9. The molecular weight excluding hydrogens is 417 g/mol. The van der Waals surface area contributed by atoms with Crippen LogP contribution in [-0.4, -0.2) is 38.9 Å². The molecule has 0 atom stereocenters. The van der Waals surface area contributed by atoms with Crippen molar-refractivity contribution in [3.05, 3.63) is 71.3 Å². The molecule has 31 heavy (non-hydrogen) atoms. The summed E-state index contributed by atoms with van der Waals surface area (Å²) in [5.74, 6) is -0.287. The minimum atomic E-state index is -0.558. The number of thioether (sulfide) groups is 1. The van der Waals surface area contributed by atoms with Gasteiger partial charge < -0.3 is 15.2 Å². The quantitative estimate of drug-likeness (QED) is 0.498. The minimum Gasteiger partial charge on any atom is -0.351 e. The Morgan fingerprint density at radius 2 is 1.84 bits per heavy atom. The highest BCUT2D eigenvalue weighted by Crippen LogP contribution is 2.19. The molecule has 0 saturated heterocycles. The van der Waals surface area contributed by atoms with Crippen molar-refractivity contribution < 1.29 is 14.0 Å². The van der Waals surface area contributed by atoms with Crippen LogP contribution in [0.15, 0.2) is 53.7 Å². The number of aromatic nitrogens is 3. The third kappa shape index (κ3) is 5.91. The van der Waals surface area contributed by atoms with Crippen LogP contribution >= 0.6 is 11.8 Å². The van der Waals surface area contributed by atoms with Crippen LogP contribution in [0.4, 0.5) is 10.1 Å². The van der Waals surface area contributed by atoms with Gasteiger partial charge in [0.25, 0.3) is 5.91 Å². The van der Waals surface area contributed by atoms with Gasteiger partial charge in [-0.15, -0.1) is 10.2 Å². The molecule has 1 aromatic heterocycles. The molecule has 2 aromatic carbocycles. The molecule has 3 rings (SSSR count). The fourth-order valence-corrected chi connectivity index (χ4v) is 3.71. The Morgan fingerprint density at radius 3 is 2.61 bits per heavy atom. The molecule has 1 heterocycles. The molecular formula is C22H24FN5O2S. The number of aryl methyl sites for hydroxylation is 1. The number of carbonyl (C=O) groups is 2. The first-order valence-electron chi connectivity index (χ1n) is 9.91. The van der Waals surface area contributed by atoms with E-state index >= 15 is 0 Å². The van der Waals surface area contributed by atoms with E-state index in [-0.39, 0.29) is 23.8 Å². The van der Waals surface area contributed by atoms with E-state index in [1.54, 1.807) is 17.7 Å². The van der Waals surface area contributed by atoms with Crippen LogP contribution in [-0.2, 0) is 24.7 Å². The Bertz CT molecular complexity index is 1070. The second kappa shape index (κ2) is 10.7. The number of nitrogens with one attached hydrogen (secondary N) is 2. The van der Waals surface area contributed by atoms with Crippen molar-refractivity contribution >= 4 is 29.3 Å². The Hall–Kier alpha value is -3.20. The smallest absolute Gasteiger partial charge is 0.254 e. The van der Waals surface area contributed by atoms with Gasteiger partial charge in [-0.2, -0.15) is 0 Å². The van der Waals surface area contributed by atoms with Crippen LogP contribution in [0, 0.1) is 5.82 Å². The Labute approximate surface area is 184 Å². The van der Waals surface area contributed by atoms with E-state index in [4.69, 9.17) is 0 Å². The fraction of sp³-hybridized carbons (Fsp3) is 0.273. The molecule has 0 aliphatic carbocycles. The highest BCUT2D eigenvalue weighted by atomic mass is 32.2. The Kier molecular flexibility index (Phi) is 7.77. The van der Waals surface area contributed by atoms with Crippen molar-refractivity contribution in [3.8, 4) is 0 Å². The first-order chi connectivity index (χ1) is 15.0. The summed E-state index contributed by atoms with van der Waals surface area (Å²) in [5.41, 5.74) is 1.91. The van der Waals surface area contributed by atoms with Crippen LogP contribution in [0.3, 0.4) is 0 Å². The zero-order chi connectivity index (χ0) is 22.2. The van der Waals surface area contributed by atoms with Gasteiger partial charge in [-0.25, -0.2) is 4.39 Å². The number of anilines is 1. The van der Waals surface area contributed by atoms with Gasteiger partial charge in [0.15, 0.2) is 5.16 Å². The zero-order valence-electron chi connectivity index (χ0n) is 17.4. The summed E-state index contributed by atoms with van der Waals surface area (Å²) in [6.45, 7) is 2.33. The lowest BCUT2D eigenvalue weighted by Crippen LogP contribution is -2.27. The topological polar surface area (TPSA) is 88.9 Å². The third-order valence-electron chi connectivity index (χ3n) is 4.68. The van der Waals surface area contributed by atoms with Gasteiger partial charge in [0.2, 0.25) is 5.91 Å². The molecule has 0 aliphatic rings. The highest BCUT2D eigenvalue weighted by Gasteiger charge is 2.14. The molecule has 0 spiro atoms. The molecule has 0 aliphatic heterocycles. The Morgan fingerprint density at radius 1 is 1.10 bits per heavy atom. The van der Waals surface area contributed by atoms with Crippen molar-refractivity contribution in [2.24, 2.45) is 7.05 Å². The fourth-order valence-electron chi connectivity index (χ4n) is 2.98. The van der Waals surface area contributed by atoms with Crippen molar-refractivity contribution in [2.45, 2.75) is 24.9 Å². The zero-order valence-corrected chi connectivity index (χ0v) is 18.2. The van der Waals surface area contributed by atoms with Crippen molar-refractivity contribution in [2.75, 3.05) is 17.6 Å². The van der Waals surface area contributed by atoms with Gasteiger partial charge >= 0.3 is 0 Å². The minimum absolute atomic E-state index is 0.00682. The van der Waals surface area contributed by atoms with Gasteiger partial charge in [0.1, 0.15) is 11.6 Å². The number of amides is 2. The first kappa shape index (κ1) is 22.5. The molecule has 7 nitrogen and oxygen atoms in total. The SMILES string of the molecule is CCc1ccccc1NC(=O)CSc1nnc(CCNC(=O)c2ccccc2F)n1C. The average Bonchev–Trinajstić information content (AvgIpc) is 3.12. The molecule has 2 N–H and O–H groups in total. The van der Waals surface area contributed by atoms with Gasteiger partial charge in [-0.05, 0) is 30.2 Å². The van der Waals surface area contributed by atoms with Gasteiger partial charge in [-0.1, -0.05) is 49.0 Å². The molecule has 162 valence electrons. The van der Waals surface area contributed by atoms with Crippen molar-refractivity contribution in [1.82, 2.24) is 20.1 Å². The second-order valence-corrected chi connectivity index (χ2v) is 7.73. The third-order valence-corrected chi connectivity index (χ3v) is 5.70. The van der Waals surface area contributed by atoms with Crippen molar-refractivity contribution in [1.29, 1.82) is 0 Å². The summed E-state index contributed by atoms with van der Waals surface area (Å²) in [7, 11) is 1.81. The lowest BCUT2D eigenvalue weighted by molar-refractivity contribution is -0.113. The summed E-state index contributed by atoms with van der Waals surface area (Å²) in [5, 5.41) is 14.5. The molecule has 0 fully saturated rings. The number of halogens is 1. The maximum Gasteiger partial charge on any atom is 0.254 e. The second-order valence-electron chi connectivity index (χ2n) is 6.79. The van der Waals surface area contributed by atoms with E-state index in [0.717, 1.165) is 17.7 Å². The number of carbonyl (C=O) groups excluding carboxylic acids is 2. The molecule has 0 unspecified atom stereocenters. The van der Waals surface area contributed by atoms with E-state index in [9.17, 15) is 14.0 Å². The van der Waals surface area contributed by atoms with Crippen LogP contribution in [0.1, 0.15) is 28.7 Å². The van der Waals surface area contributed by atoms with Crippen molar-refractivity contribution in [3.63, 3.8) is 0 Å². The molecule has 2 amide bonds. The monoisotopic (exact) mass is 441 g/mol. The lowest BCUT2D eigenvalue weighted by Gasteiger charge is -2.09. The predicted octanol–water partition coefficient (Wildman–Crippen LogP) is 3.22. The van der Waals surface area contributed by atoms with E-state index in [1.807, 2.05) is 31.2 Å². The van der Waals surface area contributed by atoms with Crippen LogP contribution < -0.4 is 10.6 Å². The molecule has 9 heteroatoms. The summed E-state index contributed by atoms with van der Waals surface area (Å²) in [4.78, 5) is 24.4. The average molecular weight is 442 g/mol. The van der Waals surface area contributed by atoms with E-state index in [0.29, 0.717) is 17.4 Å². The summed E-state index contributed by atoms with van der Waals surface area (Å²) in [6.07, 6.45) is 1.27.